The molecule has 5 N–H and O–H groups in total. The molecule has 0 aliphatic carbocycles. The van der Waals surface area contributed by atoms with E-state index >= 15 is 0 Å². The van der Waals surface area contributed by atoms with E-state index in [0.29, 0.717) is 0 Å². The van der Waals surface area contributed by atoms with Gasteiger partial charge in [-0.2, -0.15) is 8.42 Å². The van der Waals surface area contributed by atoms with Crippen LogP contribution in [0.2, 0.25) is 0 Å². The second kappa shape index (κ2) is 4.73. The Morgan fingerprint density at radius 1 is 1.42 bits per heavy atom. The summed E-state index contributed by atoms with van der Waals surface area (Å²) in [6.07, 6.45) is 0.146. The molecule has 0 bridgehead atoms. The lowest BCUT2D eigenvalue weighted by Crippen LogP contribution is -2.21. The zero-order valence-corrected chi connectivity index (χ0v) is 7.97. The van der Waals surface area contributed by atoms with Gasteiger partial charge in [0.05, 0.1) is 12.2 Å². The molecule has 0 heterocycles. The summed E-state index contributed by atoms with van der Waals surface area (Å²) in [6.45, 7) is 2.81. The maximum atomic E-state index is 9.97. The highest BCUT2D eigenvalue weighted by Crippen LogP contribution is 2.07. The van der Waals surface area contributed by atoms with E-state index in [0.717, 1.165) is 0 Å². The van der Waals surface area contributed by atoms with Crippen LogP contribution < -0.4 is 6.15 Å². The van der Waals surface area contributed by atoms with Crippen LogP contribution in [-0.4, -0.2) is 30.3 Å². The van der Waals surface area contributed by atoms with Gasteiger partial charge in [0, 0.05) is 6.42 Å². The van der Waals surface area contributed by atoms with Gasteiger partial charge in [0.2, 0.25) is 0 Å². The zero-order chi connectivity index (χ0) is 9.12. The maximum absolute atomic E-state index is 9.97. The normalized spacial score (nSPS) is 12.3. The fourth-order valence-corrected chi connectivity index (χ4v) is 0.691. The van der Waals surface area contributed by atoms with Gasteiger partial charge in [0.15, 0.2) is 0 Å². The van der Waals surface area contributed by atoms with Crippen LogP contribution >= 0.6 is 0 Å². The Kier molecular flexibility index (Phi) is 5.64. The molecule has 0 radical (unpaired) electrons. The number of rotatable bonds is 4. The van der Waals surface area contributed by atoms with Crippen LogP contribution in [0.5, 0.6) is 0 Å². The van der Waals surface area contributed by atoms with E-state index in [4.69, 9.17) is 9.66 Å². The monoisotopic (exact) mass is 201 g/mol. The van der Waals surface area contributed by atoms with Gasteiger partial charge < -0.3 is 11.3 Å². The highest BCUT2D eigenvalue weighted by Gasteiger charge is 2.14. The van der Waals surface area contributed by atoms with Crippen molar-refractivity contribution in [3.8, 4) is 0 Å². The first-order valence-electron chi connectivity index (χ1n) is 3.05. The topological polar surface area (TPSA) is 119 Å². The van der Waals surface area contributed by atoms with E-state index in [1.165, 1.54) is 13.8 Å². The minimum Gasteiger partial charge on any atom is -0.390 e. The largest absolute Gasteiger partial charge is 0.397 e. The molecule has 0 aliphatic heterocycles. The lowest BCUT2D eigenvalue weighted by Gasteiger charge is -2.15. The van der Waals surface area contributed by atoms with Crippen molar-refractivity contribution in [3.05, 3.63) is 0 Å². The lowest BCUT2D eigenvalue weighted by atomic mass is 10.1. The van der Waals surface area contributed by atoms with Crippen molar-refractivity contribution in [1.29, 1.82) is 0 Å². The second-order valence-electron chi connectivity index (χ2n) is 2.81. The Labute approximate surface area is 72.1 Å². The third-order valence-corrected chi connectivity index (χ3v) is 1.41. The molecule has 76 valence electrons. The Hall–Kier alpha value is -0.210. The standard InChI is InChI=1S/C5H12O5S.H3N/c1-5(2,6)3-4-10-11(7,8)9;/h6H,3-4H2,1-2H3,(H,7,8,9);1H3. The Morgan fingerprint density at radius 3 is 2.08 bits per heavy atom. The molecule has 6 nitrogen and oxygen atoms in total. The minimum atomic E-state index is -4.36. The maximum Gasteiger partial charge on any atom is 0.397 e. The average Bonchev–Trinajstić information content (AvgIpc) is 1.55. The second-order valence-corrected chi connectivity index (χ2v) is 3.90. The summed E-state index contributed by atoms with van der Waals surface area (Å²) in [4.78, 5) is 0. The molecule has 0 unspecified atom stereocenters. The van der Waals surface area contributed by atoms with Crippen molar-refractivity contribution in [3.63, 3.8) is 0 Å². The van der Waals surface area contributed by atoms with Gasteiger partial charge in [-0.25, -0.2) is 4.18 Å². The van der Waals surface area contributed by atoms with Gasteiger partial charge in [-0.05, 0) is 13.8 Å². The SMILES string of the molecule is CC(C)(O)CCOS(=O)(=O)O.N. The zero-order valence-electron chi connectivity index (χ0n) is 7.15. The van der Waals surface area contributed by atoms with Gasteiger partial charge >= 0.3 is 10.4 Å². The van der Waals surface area contributed by atoms with Crippen LogP contribution in [0.1, 0.15) is 20.3 Å². The third-order valence-electron chi connectivity index (χ3n) is 0.946. The van der Waals surface area contributed by atoms with Crippen LogP contribution in [0.3, 0.4) is 0 Å². The summed E-state index contributed by atoms with van der Waals surface area (Å²) in [5.41, 5.74) is -0.981. The predicted molar refractivity (Wildman–Crippen MR) is 43.4 cm³/mol. The van der Waals surface area contributed by atoms with Crippen LogP contribution in [0, 0.1) is 0 Å². The summed E-state index contributed by atoms with van der Waals surface area (Å²) in [5, 5.41) is 9.06. The summed E-state index contributed by atoms with van der Waals surface area (Å²) in [7, 11) is -4.36. The van der Waals surface area contributed by atoms with E-state index < -0.39 is 16.0 Å². The number of hydrogen-bond acceptors (Lipinski definition) is 5. The van der Waals surface area contributed by atoms with Crippen molar-refractivity contribution >= 4 is 10.4 Å². The molecule has 0 aromatic carbocycles. The highest BCUT2D eigenvalue weighted by atomic mass is 32.3. The lowest BCUT2D eigenvalue weighted by molar-refractivity contribution is 0.0547. The summed E-state index contributed by atoms with van der Waals surface area (Å²) in [6, 6.07) is 0. The summed E-state index contributed by atoms with van der Waals surface area (Å²) < 4.78 is 32.0. The van der Waals surface area contributed by atoms with Gasteiger partial charge in [-0.3, -0.25) is 4.55 Å². The van der Waals surface area contributed by atoms with Crippen molar-refractivity contribution in [2.24, 2.45) is 0 Å². The molecule has 7 heteroatoms. The molecular formula is C5H15NO5S. The van der Waals surface area contributed by atoms with E-state index in [9.17, 15) is 8.42 Å². The van der Waals surface area contributed by atoms with E-state index in [-0.39, 0.29) is 19.2 Å². The first-order chi connectivity index (χ1) is 4.71. The Balaban J connectivity index is 0. The van der Waals surface area contributed by atoms with Gasteiger partial charge in [-0.15, -0.1) is 0 Å². The third kappa shape index (κ3) is 12.5. The molecule has 0 rings (SSSR count). The van der Waals surface area contributed by atoms with Gasteiger partial charge in [-0.1, -0.05) is 0 Å². The summed E-state index contributed by atoms with van der Waals surface area (Å²) in [5.74, 6) is 0. The minimum absolute atomic E-state index is 0. The molecule has 0 fully saturated rings. The molecule has 0 saturated heterocycles. The van der Waals surface area contributed by atoms with E-state index in [1.807, 2.05) is 0 Å². The highest BCUT2D eigenvalue weighted by molar-refractivity contribution is 7.80. The van der Waals surface area contributed by atoms with Crippen molar-refractivity contribution in [1.82, 2.24) is 6.15 Å². The quantitative estimate of drug-likeness (QED) is 0.556. The molecule has 0 spiro atoms. The molecule has 0 saturated carbocycles. The fourth-order valence-electron chi connectivity index (χ4n) is 0.397. The molecule has 0 aliphatic rings. The average molecular weight is 201 g/mol. The van der Waals surface area contributed by atoms with E-state index in [1.54, 1.807) is 0 Å². The summed E-state index contributed by atoms with van der Waals surface area (Å²) >= 11 is 0. The smallest absolute Gasteiger partial charge is 0.390 e. The Morgan fingerprint density at radius 2 is 1.83 bits per heavy atom. The number of hydrogen-bond donors (Lipinski definition) is 3. The van der Waals surface area contributed by atoms with Crippen LogP contribution in [0.4, 0.5) is 0 Å². The first kappa shape index (κ1) is 14.3. The Bertz CT molecular complexity index is 204. The van der Waals surface area contributed by atoms with E-state index in [2.05, 4.69) is 4.18 Å². The fraction of sp³-hybridized carbons (Fsp3) is 1.00. The molecular weight excluding hydrogens is 186 g/mol. The first-order valence-corrected chi connectivity index (χ1v) is 4.41. The molecule has 0 atom stereocenters. The molecule has 0 aromatic heterocycles. The van der Waals surface area contributed by atoms with Crippen molar-refractivity contribution < 1.29 is 22.3 Å². The molecule has 0 amide bonds. The van der Waals surface area contributed by atoms with Crippen LogP contribution in [0.15, 0.2) is 0 Å². The van der Waals surface area contributed by atoms with Gasteiger partial charge in [0.1, 0.15) is 0 Å². The number of aliphatic hydroxyl groups is 1. The van der Waals surface area contributed by atoms with Crippen molar-refractivity contribution in [2.75, 3.05) is 6.61 Å². The van der Waals surface area contributed by atoms with Gasteiger partial charge in [0.25, 0.3) is 0 Å². The predicted octanol–water partition coefficient (Wildman–Crippen LogP) is 0.129. The molecule has 12 heavy (non-hydrogen) atoms. The van der Waals surface area contributed by atoms with Crippen LogP contribution in [-0.2, 0) is 14.6 Å². The van der Waals surface area contributed by atoms with Crippen molar-refractivity contribution in [2.45, 2.75) is 25.9 Å². The molecule has 0 aromatic rings. The van der Waals surface area contributed by atoms with Crippen LogP contribution in [0.25, 0.3) is 0 Å².